The normalized spacial score (nSPS) is 15.7. The largest absolute Gasteiger partial charge is 0.508 e. The Morgan fingerprint density at radius 2 is 1.92 bits per heavy atom. The first-order valence-corrected chi connectivity index (χ1v) is 8.61. The van der Waals surface area contributed by atoms with Gasteiger partial charge in [0.2, 0.25) is 5.75 Å². The Morgan fingerprint density at radius 1 is 1.15 bits per heavy atom. The Balaban J connectivity index is 1.93. The van der Waals surface area contributed by atoms with Crippen molar-refractivity contribution in [2.24, 2.45) is 0 Å². The summed E-state index contributed by atoms with van der Waals surface area (Å²) in [7, 11) is 1.44. The summed E-state index contributed by atoms with van der Waals surface area (Å²) >= 11 is 0. The van der Waals surface area contributed by atoms with Crippen LogP contribution in [0.15, 0.2) is 35.9 Å². The Kier molecular flexibility index (Phi) is 4.98. The fraction of sp³-hybridized carbons (Fsp3) is 0.333. The van der Waals surface area contributed by atoms with E-state index in [4.69, 9.17) is 9.47 Å². The monoisotopic (exact) mass is 356 g/mol. The van der Waals surface area contributed by atoms with Crippen molar-refractivity contribution < 1.29 is 24.8 Å². The first-order valence-electron chi connectivity index (χ1n) is 8.61. The van der Waals surface area contributed by atoms with Crippen LogP contribution in [-0.4, -0.2) is 29.0 Å². The Bertz CT molecular complexity index is 850. The maximum absolute atomic E-state index is 10.3. The summed E-state index contributed by atoms with van der Waals surface area (Å²) in [4.78, 5) is 0. The lowest BCUT2D eigenvalue weighted by Crippen LogP contribution is -2.20. The molecule has 0 amide bonds. The van der Waals surface area contributed by atoms with Crippen molar-refractivity contribution in [1.29, 1.82) is 0 Å². The maximum atomic E-state index is 10.3. The number of ether oxygens (including phenoxy) is 2. The van der Waals surface area contributed by atoms with Crippen molar-refractivity contribution in [3.05, 3.63) is 52.6 Å². The lowest BCUT2D eigenvalue weighted by molar-refractivity contribution is 0.254. The van der Waals surface area contributed by atoms with E-state index >= 15 is 0 Å². The Morgan fingerprint density at radius 3 is 2.62 bits per heavy atom. The van der Waals surface area contributed by atoms with E-state index in [1.54, 1.807) is 18.2 Å². The number of phenols is 3. The number of benzene rings is 2. The molecule has 0 spiro atoms. The van der Waals surface area contributed by atoms with Crippen LogP contribution in [0.5, 0.6) is 28.7 Å². The second-order valence-corrected chi connectivity index (χ2v) is 6.80. The standard InChI is InChI=1S/C21H24O5/c1-12(2)4-6-16-17(22)8-5-13-10-14(11-26-21(13)16)15-7-9-18(25-3)20(24)19(15)23/h4-5,7-9,14,22-24H,6,10-11H2,1-3H3/t14-/m0/s1. The van der Waals surface area contributed by atoms with Crippen LogP contribution in [0.2, 0.25) is 0 Å². The smallest absolute Gasteiger partial charge is 0.200 e. The Hall–Kier alpha value is -2.82. The molecule has 1 heterocycles. The first kappa shape index (κ1) is 18.0. The van der Waals surface area contributed by atoms with E-state index in [0.29, 0.717) is 25.0 Å². The van der Waals surface area contributed by atoms with Crippen molar-refractivity contribution in [2.45, 2.75) is 32.6 Å². The zero-order valence-electron chi connectivity index (χ0n) is 15.2. The predicted octanol–water partition coefficient (Wildman–Crippen LogP) is 4.04. The number of hydrogen-bond acceptors (Lipinski definition) is 5. The molecule has 5 heteroatoms. The van der Waals surface area contributed by atoms with Gasteiger partial charge >= 0.3 is 0 Å². The number of aromatic hydroxyl groups is 3. The van der Waals surface area contributed by atoms with E-state index < -0.39 is 0 Å². The highest BCUT2D eigenvalue weighted by Crippen LogP contribution is 2.45. The number of rotatable bonds is 4. The molecule has 1 aliphatic heterocycles. The van der Waals surface area contributed by atoms with E-state index in [0.717, 1.165) is 16.9 Å². The van der Waals surface area contributed by atoms with E-state index in [1.165, 1.54) is 12.7 Å². The second-order valence-electron chi connectivity index (χ2n) is 6.80. The fourth-order valence-corrected chi connectivity index (χ4v) is 3.29. The van der Waals surface area contributed by atoms with Crippen molar-refractivity contribution in [2.75, 3.05) is 13.7 Å². The third-order valence-electron chi connectivity index (χ3n) is 4.73. The highest BCUT2D eigenvalue weighted by molar-refractivity contribution is 5.57. The van der Waals surface area contributed by atoms with Gasteiger partial charge in [-0.25, -0.2) is 0 Å². The van der Waals surface area contributed by atoms with Crippen molar-refractivity contribution in [3.63, 3.8) is 0 Å². The molecule has 5 nitrogen and oxygen atoms in total. The zero-order valence-corrected chi connectivity index (χ0v) is 15.2. The molecular weight excluding hydrogens is 332 g/mol. The summed E-state index contributed by atoms with van der Waals surface area (Å²) in [5, 5.41) is 30.6. The predicted molar refractivity (Wildman–Crippen MR) is 99.5 cm³/mol. The minimum Gasteiger partial charge on any atom is -0.508 e. The van der Waals surface area contributed by atoms with Crippen LogP contribution in [0, 0.1) is 0 Å². The average molecular weight is 356 g/mol. The molecule has 3 rings (SSSR count). The van der Waals surface area contributed by atoms with Crippen LogP contribution in [-0.2, 0) is 12.8 Å². The minimum atomic E-state index is -0.259. The third kappa shape index (κ3) is 3.29. The topological polar surface area (TPSA) is 79.2 Å². The molecule has 2 aromatic rings. The SMILES string of the molecule is COc1ccc([C@@H]2COc3c(ccc(O)c3CC=C(C)C)C2)c(O)c1O. The van der Waals surface area contributed by atoms with E-state index in [-0.39, 0.29) is 28.9 Å². The van der Waals surface area contributed by atoms with Crippen molar-refractivity contribution >= 4 is 0 Å². The van der Waals surface area contributed by atoms with Crippen molar-refractivity contribution in [3.8, 4) is 28.7 Å². The highest BCUT2D eigenvalue weighted by Gasteiger charge is 2.28. The molecule has 0 unspecified atom stereocenters. The molecule has 0 fully saturated rings. The van der Waals surface area contributed by atoms with E-state index in [1.807, 2.05) is 19.9 Å². The Labute approximate surface area is 153 Å². The highest BCUT2D eigenvalue weighted by atomic mass is 16.5. The second kappa shape index (κ2) is 7.20. The summed E-state index contributed by atoms with van der Waals surface area (Å²) in [6, 6.07) is 6.92. The molecule has 26 heavy (non-hydrogen) atoms. The third-order valence-corrected chi connectivity index (χ3v) is 4.73. The lowest BCUT2D eigenvalue weighted by atomic mass is 9.88. The molecule has 138 valence electrons. The molecule has 0 bridgehead atoms. The van der Waals surface area contributed by atoms with Gasteiger partial charge in [0, 0.05) is 17.0 Å². The van der Waals surface area contributed by atoms with Gasteiger partial charge in [0.05, 0.1) is 13.7 Å². The van der Waals surface area contributed by atoms with Gasteiger partial charge < -0.3 is 24.8 Å². The number of hydrogen-bond donors (Lipinski definition) is 3. The summed E-state index contributed by atoms with van der Waals surface area (Å²) in [6.07, 6.45) is 3.31. The average Bonchev–Trinajstić information content (AvgIpc) is 2.62. The van der Waals surface area contributed by atoms with Gasteiger partial charge in [-0.15, -0.1) is 0 Å². The quantitative estimate of drug-likeness (QED) is 0.569. The molecule has 0 aliphatic carbocycles. The van der Waals surface area contributed by atoms with Gasteiger partial charge in [-0.1, -0.05) is 23.8 Å². The number of fused-ring (bicyclic) bond motifs is 1. The lowest BCUT2D eigenvalue weighted by Gasteiger charge is -2.28. The van der Waals surface area contributed by atoms with Gasteiger partial charge in [0.25, 0.3) is 0 Å². The van der Waals surface area contributed by atoms with Gasteiger partial charge in [0.1, 0.15) is 11.5 Å². The summed E-state index contributed by atoms with van der Waals surface area (Å²) in [5.41, 5.74) is 3.55. The van der Waals surface area contributed by atoms with Crippen LogP contribution in [0.4, 0.5) is 0 Å². The fourth-order valence-electron chi connectivity index (χ4n) is 3.29. The van der Waals surface area contributed by atoms with Gasteiger partial charge in [-0.05, 0) is 44.4 Å². The molecular formula is C21H24O5. The van der Waals surface area contributed by atoms with Crippen molar-refractivity contribution in [1.82, 2.24) is 0 Å². The molecule has 1 aliphatic rings. The van der Waals surface area contributed by atoms with Crippen LogP contribution < -0.4 is 9.47 Å². The summed E-state index contributed by atoms with van der Waals surface area (Å²) < 4.78 is 11.0. The maximum Gasteiger partial charge on any atom is 0.200 e. The summed E-state index contributed by atoms with van der Waals surface area (Å²) in [6.45, 7) is 4.39. The van der Waals surface area contributed by atoms with Crippen LogP contribution in [0.25, 0.3) is 0 Å². The van der Waals surface area contributed by atoms with E-state index in [2.05, 4.69) is 6.08 Å². The summed E-state index contributed by atoms with van der Waals surface area (Å²) in [5.74, 6) is 0.647. The zero-order chi connectivity index (χ0) is 18.8. The van der Waals surface area contributed by atoms with Gasteiger partial charge in [0.15, 0.2) is 11.5 Å². The number of allylic oxidation sites excluding steroid dienone is 2. The minimum absolute atomic E-state index is 0.0971. The van der Waals surface area contributed by atoms with Gasteiger partial charge in [-0.3, -0.25) is 0 Å². The molecule has 0 saturated carbocycles. The van der Waals surface area contributed by atoms with Crippen LogP contribution >= 0.6 is 0 Å². The van der Waals surface area contributed by atoms with Gasteiger partial charge in [-0.2, -0.15) is 0 Å². The number of phenolic OH excluding ortho intramolecular Hbond substituents is 3. The molecule has 0 saturated heterocycles. The first-order chi connectivity index (χ1) is 12.4. The molecule has 3 N–H and O–H groups in total. The molecule has 0 radical (unpaired) electrons. The molecule has 1 atom stereocenters. The molecule has 0 aromatic heterocycles. The molecule has 2 aromatic carbocycles. The van der Waals surface area contributed by atoms with Crippen LogP contribution in [0.1, 0.15) is 36.5 Å². The van der Waals surface area contributed by atoms with E-state index in [9.17, 15) is 15.3 Å². The van der Waals surface area contributed by atoms with Crippen LogP contribution in [0.3, 0.4) is 0 Å². The number of methoxy groups -OCH3 is 1.